The molecular formula is C30H37N3OS. The molecule has 0 bridgehead atoms. The van der Waals surface area contributed by atoms with Crippen LogP contribution in [0.5, 0.6) is 0 Å². The molecule has 4 nitrogen and oxygen atoms in total. The van der Waals surface area contributed by atoms with Gasteiger partial charge in [0.25, 0.3) is 0 Å². The number of thioether (sulfide) groups is 1. The molecule has 184 valence electrons. The molecular weight excluding hydrogens is 450 g/mol. The zero-order valence-corrected chi connectivity index (χ0v) is 21.7. The molecule has 1 heterocycles. The number of hydrogen-bond donors (Lipinski definition) is 1. The molecule has 1 saturated heterocycles. The molecule has 3 aromatic rings. The molecule has 1 N–H and O–H groups in total. The maximum Gasteiger partial charge on any atom is 0.322 e. The minimum Gasteiger partial charge on any atom is -0.322 e. The molecule has 2 amide bonds. The third-order valence-electron chi connectivity index (χ3n) is 7.08. The number of carbonyl (C=O) groups is 1. The topological polar surface area (TPSA) is 35.6 Å². The third-order valence-corrected chi connectivity index (χ3v) is 7.82. The van der Waals surface area contributed by atoms with Gasteiger partial charge in [-0.15, -0.1) is 11.8 Å². The minimum atomic E-state index is 0.0103. The molecule has 35 heavy (non-hydrogen) atoms. The Morgan fingerprint density at radius 2 is 1.51 bits per heavy atom. The highest BCUT2D eigenvalue weighted by Gasteiger charge is 2.27. The van der Waals surface area contributed by atoms with E-state index in [0.29, 0.717) is 12.0 Å². The smallest absolute Gasteiger partial charge is 0.322 e. The highest BCUT2D eigenvalue weighted by Crippen LogP contribution is 2.29. The Bertz CT molecular complexity index is 995. The molecule has 0 aliphatic carbocycles. The first kappa shape index (κ1) is 25.3. The molecule has 1 fully saturated rings. The van der Waals surface area contributed by atoms with Crippen LogP contribution in [0.4, 0.5) is 10.5 Å². The molecule has 0 unspecified atom stereocenters. The Balaban J connectivity index is 1.31. The number of piperidine rings is 1. The van der Waals surface area contributed by atoms with Crippen LogP contribution in [0.2, 0.25) is 0 Å². The van der Waals surface area contributed by atoms with Crippen LogP contribution in [-0.2, 0) is 0 Å². The normalized spacial score (nSPS) is 14.7. The van der Waals surface area contributed by atoms with Crippen molar-refractivity contribution in [2.75, 3.05) is 37.8 Å². The maximum absolute atomic E-state index is 13.0. The van der Waals surface area contributed by atoms with Gasteiger partial charge in [0.2, 0.25) is 0 Å². The van der Waals surface area contributed by atoms with Gasteiger partial charge in [-0.2, -0.15) is 0 Å². The number of nitrogens with zero attached hydrogens (tertiary/aromatic N) is 2. The first-order valence-corrected chi connectivity index (χ1v) is 13.9. The summed E-state index contributed by atoms with van der Waals surface area (Å²) in [5.41, 5.74) is 3.62. The van der Waals surface area contributed by atoms with Crippen molar-refractivity contribution in [2.45, 2.75) is 43.0 Å². The van der Waals surface area contributed by atoms with Crippen LogP contribution in [0.15, 0.2) is 89.8 Å². The molecule has 5 heteroatoms. The van der Waals surface area contributed by atoms with E-state index in [1.807, 2.05) is 29.2 Å². The van der Waals surface area contributed by atoms with Crippen LogP contribution in [0.25, 0.3) is 0 Å². The van der Waals surface area contributed by atoms with Gasteiger partial charge in [0, 0.05) is 42.2 Å². The van der Waals surface area contributed by atoms with E-state index in [1.54, 1.807) is 11.8 Å². The van der Waals surface area contributed by atoms with Crippen molar-refractivity contribution in [1.82, 2.24) is 9.80 Å². The molecule has 4 rings (SSSR count). The van der Waals surface area contributed by atoms with Gasteiger partial charge in [-0.25, -0.2) is 4.79 Å². The number of benzene rings is 3. The summed E-state index contributed by atoms with van der Waals surface area (Å²) in [4.78, 5) is 18.8. The van der Waals surface area contributed by atoms with E-state index < -0.39 is 0 Å². The average molecular weight is 488 g/mol. The summed E-state index contributed by atoms with van der Waals surface area (Å²) in [5.74, 6) is 0.408. The predicted molar refractivity (Wildman–Crippen MR) is 148 cm³/mol. The fourth-order valence-corrected chi connectivity index (χ4v) is 5.51. The highest BCUT2D eigenvalue weighted by atomic mass is 32.2. The summed E-state index contributed by atoms with van der Waals surface area (Å²) < 4.78 is 0. The van der Waals surface area contributed by atoms with Gasteiger partial charge in [0.15, 0.2) is 0 Å². The maximum atomic E-state index is 13.0. The number of rotatable bonds is 9. The molecule has 0 atom stereocenters. The summed E-state index contributed by atoms with van der Waals surface area (Å²) in [6, 6.07) is 30.1. The zero-order chi connectivity index (χ0) is 24.5. The van der Waals surface area contributed by atoms with E-state index in [0.717, 1.165) is 51.1 Å². The van der Waals surface area contributed by atoms with E-state index in [2.05, 4.69) is 84.1 Å². The van der Waals surface area contributed by atoms with Gasteiger partial charge in [0.05, 0.1) is 0 Å². The Hall–Kier alpha value is -2.76. The molecule has 0 aromatic heterocycles. The lowest BCUT2D eigenvalue weighted by molar-refractivity contribution is 0.129. The molecule has 3 aromatic carbocycles. The monoisotopic (exact) mass is 487 g/mol. The van der Waals surface area contributed by atoms with Crippen molar-refractivity contribution < 1.29 is 4.79 Å². The van der Waals surface area contributed by atoms with Gasteiger partial charge in [0.1, 0.15) is 0 Å². The fraction of sp³-hybridized carbons (Fsp3) is 0.367. The lowest BCUT2D eigenvalue weighted by atomic mass is 9.88. The van der Waals surface area contributed by atoms with Crippen molar-refractivity contribution >= 4 is 23.5 Å². The second kappa shape index (κ2) is 12.8. The second-order valence-electron chi connectivity index (χ2n) is 9.18. The van der Waals surface area contributed by atoms with Crippen molar-refractivity contribution in [2.24, 2.45) is 0 Å². The number of amides is 2. The molecule has 0 spiro atoms. The van der Waals surface area contributed by atoms with E-state index in [4.69, 9.17) is 0 Å². The largest absolute Gasteiger partial charge is 0.322 e. The Labute approximate surface area is 214 Å². The third kappa shape index (κ3) is 6.89. The van der Waals surface area contributed by atoms with Crippen LogP contribution < -0.4 is 5.32 Å². The molecule has 0 radical (unpaired) electrons. The average Bonchev–Trinajstić information content (AvgIpc) is 2.92. The lowest BCUT2D eigenvalue weighted by Crippen LogP contribution is -2.48. The number of anilines is 1. The highest BCUT2D eigenvalue weighted by molar-refractivity contribution is 7.98. The Morgan fingerprint density at radius 3 is 2.03 bits per heavy atom. The van der Waals surface area contributed by atoms with Crippen molar-refractivity contribution in [3.63, 3.8) is 0 Å². The van der Waals surface area contributed by atoms with E-state index in [-0.39, 0.29) is 6.03 Å². The summed E-state index contributed by atoms with van der Waals surface area (Å²) in [5, 5.41) is 3.09. The minimum absolute atomic E-state index is 0.0103. The van der Waals surface area contributed by atoms with Gasteiger partial charge in [-0.1, -0.05) is 60.7 Å². The van der Waals surface area contributed by atoms with Crippen molar-refractivity contribution in [3.05, 3.63) is 96.1 Å². The van der Waals surface area contributed by atoms with Gasteiger partial charge in [-0.05, 0) is 74.4 Å². The van der Waals surface area contributed by atoms with Crippen LogP contribution in [0.1, 0.15) is 43.2 Å². The molecule has 1 aliphatic rings. The lowest BCUT2D eigenvalue weighted by Gasteiger charge is -2.38. The summed E-state index contributed by atoms with van der Waals surface area (Å²) in [6.07, 6.45) is 5.20. The number of nitrogens with one attached hydrogen (secondary N) is 1. The summed E-state index contributed by atoms with van der Waals surface area (Å²) in [7, 11) is 0. The van der Waals surface area contributed by atoms with Crippen LogP contribution in [-0.4, -0.2) is 54.3 Å². The van der Waals surface area contributed by atoms with Crippen molar-refractivity contribution in [1.29, 1.82) is 0 Å². The molecule has 0 saturated carbocycles. The Kier molecular flexibility index (Phi) is 9.27. The predicted octanol–water partition coefficient (Wildman–Crippen LogP) is 6.95. The SMILES string of the molecule is CCN(C(=O)Nc1ccc(SC)cc1)C1CCN(CCC(c2ccccc2)c2ccccc2)CC1. The Morgan fingerprint density at radius 1 is 0.943 bits per heavy atom. The second-order valence-corrected chi connectivity index (χ2v) is 10.1. The summed E-state index contributed by atoms with van der Waals surface area (Å²) >= 11 is 1.71. The fourth-order valence-electron chi connectivity index (χ4n) is 5.10. The van der Waals surface area contributed by atoms with Crippen LogP contribution >= 0.6 is 11.8 Å². The van der Waals surface area contributed by atoms with E-state index in [9.17, 15) is 4.79 Å². The standard InChI is InChI=1S/C30H37N3OS/c1-3-33(30(34)31-26-14-16-28(35-2)17-15-26)27-18-21-32(22-19-27)23-20-29(24-10-6-4-7-11-24)25-12-8-5-9-13-25/h4-17,27,29H,3,18-23H2,1-2H3,(H,31,34). The number of hydrogen-bond acceptors (Lipinski definition) is 3. The van der Waals surface area contributed by atoms with Crippen LogP contribution in [0.3, 0.4) is 0 Å². The first-order valence-electron chi connectivity index (χ1n) is 12.7. The van der Waals surface area contributed by atoms with E-state index >= 15 is 0 Å². The van der Waals surface area contributed by atoms with Gasteiger partial charge < -0.3 is 15.1 Å². The first-order chi connectivity index (χ1) is 17.2. The summed E-state index contributed by atoms with van der Waals surface area (Å²) in [6.45, 7) is 5.94. The van der Waals surface area contributed by atoms with Crippen molar-refractivity contribution in [3.8, 4) is 0 Å². The number of carbonyl (C=O) groups excluding carboxylic acids is 1. The number of likely N-dealkylation sites (tertiary alicyclic amines) is 1. The molecule has 1 aliphatic heterocycles. The quantitative estimate of drug-likeness (QED) is 0.332. The van der Waals surface area contributed by atoms with Gasteiger partial charge >= 0.3 is 6.03 Å². The van der Waals surface area contributed by atoms with Gasteiger partial charge in [-0.3, -0.25) is 0 Å². The zero-order valence-electron chi connectivity index (χ0n) is 20.9. The number of urea groups is 1. The van der Waals surface area contributed by atoms with E-state index in [1.165, 1.54) is 16.0 Å². The van der Waals surface area contributed by atoms with Crippen LogP contribution in [0, 0.1) is 0 Å².